The van der Waals surface area contributed by atoms with Gasteiger partial charge in [0.2, 0.25) is 0 Å². The van der Waals surface area contributed by atoms with E-state index >= 15 is 0 Å². The van der Waals surface area contributed by atoms with Crippen LogP contribution in [-0.2, 0) is 0 Å². The molecule has 1 heterocycles. The Hall–Kier alpha value is -1.85. The first kappa shape index (κ1) is 14.2. The molecule has 0 unspecified atom stereocenters. The van der Waals surface area contributed by atoms with Crippen LogP contribution in [-0.4, -0.2) is 34.3 Å². The number of rotatable bonds is 6. The van der Waals surface area contributed by atoms with Crippen molar-refractivity contribution in [2.24, 2.45) is 16.8 Å². The van der Waals surface area contributed by atoms with Gasteiger partial charge in [-0.15, -0.1) is 5.10 Å². The summed E-state index contributed by atoms with van der Waals surface area (Å²) in [5.41, 5.74) is 6.38. The number of amidine groups is 1. The molecule has 0 aromatic carbocycles. The average Bonchev–Trinajstić information content (AvgIpc) is 2.34. The number of aromatic nitrogens is 2. The van der Waals surface area contributed by atoms with Crippen molar-refractivity contribution in [3.05, 3.63) is 17.8 Å². The average molecular weight is 251 g/mol. The van der Waals surface area contributed by atoms with E-state index in [1.165, 1.54) is 0 Å². The van der Waals surface area contributed by atoms with Gasteiger partial charge in [-0.2, -0.15) is 5.10 Å². The van der Waals surface area contributed by atoms with Crippen molar-refractivity contribution in [2.75, 3.05) is 18.0 Å². The maximum atomic E-state index is 8.55. The van der Waals surface area contributed by atoms with Gasteiger partial charge in [-0.1, -0.05) is 19.0 Å². The van der Waals surface area contributed by atoms with Gasteiger partial charge < -0.3 is 15.8 Å². The predicted molar refractivity (Wildman–Crippen MR) is 71.8 cm³/mol. The molecule has 6 heteroatoms. The molecular weight excluding hydrogens is 230 g/mol. The third-order valence-corrected chi connectivity index (χ3v) is 2.46. The van der Waals surface area contributed by atoms with Gasteiger partial charge >= 0.3 is 0 Å². The van der Waals surface area contributed by atoms with Gasteiger partial charge in [-0.25, -0.2) is 0 Å². The van der Waals surface area contributed by atoms with Crippen molar-refractivity contribution in [3.63, 3.8) is 0 Å². The van der Waals surface area contributed by atoms with Crippen molar-refractivity contribution in [2.45, 2.75) is 27.2 Å². The van der Waals surface area contributed by atoms with Crippen LogP contribution in [0.2, 0.25) is 0 Å². The summed E-state index contributed by atoms with van der Waals surface area (Å²) in [7, 11) is 0. The minimum atomic E-state index is 0.226. The Morgan fingerprint density at radius 3 is 2.67 bits per heavy atom. The number of hydrogen-bond donors (Lipinski definition) is 2. The Kier molecular flexibility index (Phi) is 5.35. The molecule has 0 radical (unpaired) electrons. The normalized spacial score (nSPS) is 11.9. The van der Waals surface area contributed by atoms with E-state index in [0.29, 0.717) is 18.9 Å². The van der Waals surface area contributed by atoms with Gasteiger partial charge in [0.1, 0.15) is 5.84 Å². The van der Waals surface area contributed by atoms with E-state index < -0.39 is 0 Å². The maximum absolute atomic E-state index is 8.55. The van der Waals surface area contributed by atoms with E-state index in [4.69, 9.17) is 10.9 Å². The topological polar surface area (TPSA) is 87.6 Å². The highest BCUT2D eigenvalue weighted by molar-refractivity contribution is 5.80. The molecule has 1 aromatic rings. The zero-order valence-electron chi connectivity index (χ0n) is 11.2. The zero-order valence-corrected chi connectivity index (χ0v) is 11.2. The van der Waals surface area contributed by atoms with Crippen molar-refractivity contribution in [1.82, 2.24) is 10.2 Å². The number of hydrogen-bond acceptors (Lipinski definition) is 5. The second-order valence-electron chi connectivity index (χ2n) is 4.71. The first-order valence-electron chi connectivity index (χ1n) is 6.04. The molecule has 0 bridgehead atoms. The Morgan fingerprint density at radius 1 is 1.44 bits per heavy atom. The van der Waals surface area contributed by atoms with Crippen molar-refractivity contribution < 1.29 is 5.21 Å². The molecule has 0 atom stereocenters. The van der Waals surface area contributed by atoms with Crippen LogP contribution in [0, 0.1) is 12.8 Å². The molecule has 0 aliphatic rings. The van der Waals surface area contributed by atoms with Crippen LogP contribution in [0.15, 0.2) is 17.3 Å². The lowest BCUT2D eigenvalue weighted by atomic mass is 10.2. The van der Waals surface area contributed by atoms with E-state index in [-0.39, 0.29) is 5.84 Å². The van der Waals surface area contributed by atoms with Crippen LogP contribution in [0.5, 0.6) is 0 Å². The first-order chi connectivity index (χ1) is 8.52. The lowest BCUT2D eigenvalue weighted by Gasteiger charge is -2.24. The minimum absolute atomic E-state index is 0.226. The van der Waals surface area contributed by atoms with Crippen molar-refractivity contribution >= 4 is 11.7 Å². The van der Waals surface area contributed by atoms with Crippen molar-refractivity contribution in [3.8, 4) is 0 Å². The third-order valence-electron chi connectivity index (χ3n) is 2.46. The zero-order chi connectivity index (χ0) is 13.5. The summed E-state index contributed by atoms with van der Waals surface area (Å²) in [6.07, 6.45) is 0.499. The van der Waals surface area contributed by atoms with Gasteiger partial charge in [0.05, 0.1) is 5.69 Å². The Labute approximate surface area is 108 Å². The summed E-state index contributed by atoms with van der Waals surface area (Å²) in [6.45, 7) is 7.69. The molecule has 0 fully saturated rings. The molecule has 100 valence electrons. The highest BCUT2D eigenvalue weighted by Crippen LogP contribution is 2.12. The molecule has 3 N–H and O–H groups in total. The summed E-state index contributed by atoms with van der Waals surface area (Å²) in [5.74, 6) is 1.55. The summed E-state index contributed by atoms with van der Waals surface area (Å²) in [4.78, 5) is 2.09. The Bertz CT molecular complexity index is 388. The number of anilines is 1. The molecule has 6 nitrogen and oxygen atoms in total. The van der Waals surface area contributed by atoms with Gasteiger partial charge in [0, 0.05) is 19.5 Å². The van der Waals surface area contributed by atoms with E-state index in [0.717, 1.165) is 18.1 Å². The lowest BCUT2D eigenvalue weighted by molar-refractivity contribution is 0.317. The number of nitrogens with two attached hydrogens (primary N) is 1. The fourth-order valence-corrected chi connectivity index (χ4v) is 1.60. The molecule has 0 saturated carbocycles. The molecule has 0 aliphatic heterocycles. The largest absolute Gasteiger partial charge is 0.409 e. The molecule has 1 aromatic heterocycles. The maximum Gasteiger partial charge on any atom is 0.151 e. The molecule has 18 heavy (non-hydrogen) atoms. The van der Waals surface area contributed by atoms with E-state index in [2.05, 4.69) is 34.1 Å². The third kappa shape index (κ3) is 4.57. The quantitative estimate of drug-likeness (QED) is 0.345. The van der Waals surface area contributed by atoms with Gasteiger partial charge in [0.25, 0.3) is 0 Å². The van der Waals surface area contributed by atoms with Gasteiger partial charge in [-0.05, 0) is 25.0 Å². The molecule has 0 aliphatic carbocycles. The van der Waals surface area contributed by atoms with Crippen LogP contribution in [0.25, 0.3) is 0 Å². The predicted octanol–water partition coefficient (Wildman–Crippen LogP) is 1.38. The molecular formula is C12H21N5O. The second kappa shape index (κ2) is 6.78. The van der Waals surface area contributed by atoms with Crippen LogP contribution < -0.4 is 10.6 Å². The van der Waals surface area contributed by atoms with Crippen LogP contribution in [0.1, 0.15) is 26.0 Å². The first-order valence-corrected chi connectivity index (χ1v) is 6.04. The van der Waals surface area contributed by atoms with Crippen LogP contribution in [0.3, 0.4) is 0 Å². The number of aryl methyl sites for hydroxylation is 1. The smallest absolute Gasteiger partial charge is 0.151 e. The van der Waals surface area contributed by atoms with Gasteiger partial charge in [-0.3, -0.25) is 0 Å². The Morgan fingerprint density at radius 2 is 2.17 bits per heavy atom. The summed E-state index contributed by atoms with van der Waals surface area (Å²) >= 11 is 0. The fourth-order valence-electron chi connectivity index (χ4n) is 1.60. The highest BCUT2D eigenvalue weighted by Gasteiger charge is 2.11. The summed E-state index contributed by atoms with van der Waals surface area (Å²) in [5, 5.41) is 19.8. The van der Waals surface area contributed by atoms with Crippen LogP contribution in [0.4, 0.5) is 5.82 Å². The molecule has 0 saturated heterocycles. The molecule has 0 spiro atoms. The lowest BCUT2D eigenvalue weighted by Crippen LogP contribution is -2.32. The number of oxime groups is 1. The second-order valence-corrected chi connectivity index (χ2v) is 4.71. The highest BCUT2D eigenvalue weighted by atomic mass is 16.4. The van der Waals surface area contributed by atoms with E-state index in [1.54, 1.807) is 0 Å². The summed E-state index contributed by atoms with van der Waals surface area (Å²) < 4.78 is 0. The van der Waals surface area contributed by atoms with E-state index in [9.17, 15) is 0 Å². The molecule has 1 rings (SSSR count). The molecule has 0 amide bonds. The number of nitrogens with zero attached hydrogens (tertiary/aromatic N) is 4. The van der Waals surface area contributed by atoms with Gasteiger partial charge in [0.15, 0.2) is 5.82 Å². The minimum Gasteiger partial charge on any atom is -0.409 e. The summed E-state index contributed by atoms with van der Waals surface area (Å²) in [6, 6.07) is 3.87. The standard InChI is InChI=1S/C12H21N5O/c1-9(2)8-17(7-6-11(13)16-18)12-5-4-10(3)14-15-12/h4-5,9,18H,6-8H2,1-3H3,(H2,13,16). The SMILES string of the molecule is Cc1ccc(N(CCC(N)=NO)CC(C)C)nn1. The van der Waals surface area contributed by atoms with Crippen molar-refractivity contribution in [1.29, 1.82) is 0 Å². The van der Waals surface area contributed by atoms with Crippen LogP contribution >= 0.6 is 0 Å². The fraction of sp³-hybridized carbons (Fsp3) is 0.583. The Balaban J connectivity index is 2.74. The van der Waals surface area contributed by atoms with E-state index in [1.807, 2.05) is 19.1 Å². The monoisotopic (exact) mass is 251 g/mol.